The second kappa shape index (κ2) is 7.95. The van der Waals surface area contributed by atoms with Gasteiger partial charge in [0.25, 0.3) is 0 Å². The zero-order valence-electron chi connectivity index (χ0n) is 15.0. The number of hydrogen-bond donors (Lipinski definition) is 1. The van der Waals surface area contributed by atoms with Crippen LogP contribution in [0.1, 0.15) is 40.0 Å². The molecule has 1 aromatic rings. The Bertz CT molecular complexity index is 643. The lowest BCUT2D eigenvalue weighted by Crippen LogP contribution is -2.47. The summed E-state index contributed by atoms with van der Waals surface area (Å²) < 4.78 is 5.48. The number of benzene rings is 1. The molecule has 25 heavy (non-hydrogen) atoms. The van der Waals surface area contributed by atoms with Crippen molar-refractivity contribution in [2.24, 2.45) is 0 Å². The van der Waals surface area contributed by atoms with Gasteiger partial charge < -0.3 is 15.4 Å². The van der Waals surface area contributed by atoms with Gasteiger partial charge >= 0.3 is 6.09 Å². The fraction of sp³-hybridized carbons (Fsp3) is 0.556. The van der Waals surface area contributed by atoms with Crippen LogP contribution in [0.15, 0.2) is 18.2 Å². The first-order chi connectivity index (χ1) is 11.7. The predicted octanol–water partition coefficient (Wildman–Crippen LogP) is 3.77. The van der Waals surface area contributed by atoms with Crippen molar-refractivity contribution in [1.82, 2.24) is 0 Å². The molecule has 6 nitrogen and oxygen atoms in total. The molecule has 1 aromatic carbocycles. The Balaban J connectivity index is 2.25. The number of halogens is 1. The Labute approximate surface area is 153 Å². The average Bonchev–Trinajstić information content (AvgIpc) is 2.52. The van der Waals surface area contributed by atoms with Crippen molar-refractivity contribution < 1.29 is 14.3 Å². The van der Waals surface area contributed by atoms with Gasteiger partial charge in [0.2, 0.25) is 5.91 Å². The van der Waals surface area contributed by atoms with E-state index in [1.807, 2.05) is 20.8 Å². The van der Waals surface area contributed by atoms with E-state index in [0.29, 0.717) is 42.5 Å². The van der Waals surface area contributed by atoms with Crippen molar-refractivity contribution in [3.8, 4) is 0 Å². The molecule has 1 aliphatic heterocycles. The highest BCUT2D eigenvalue weighted by Gasteiger charge is 2.32. The van der Waals surface area contributed by atoms with Gasteiger partial charge in [0.1, 0.15) is 5.60 Å². The third-order valence-corrected chi connectivity index (χ3v) is 4.08. The maximum absolute atomic E-state index is 12.6. The smallest absolute Gasteiger partial charge is 0.414 e. The molecule has 7 heteroatoms. The van der Waals surface area contributed by atoms with Crippen molar-refractivity contribution in [3.63, 3.8) is 0 Å². The van der Waals surface area contributed by atoms with Gasteiger partial charge in [-0.25, -0.2) is 4.79 Å². The molecular formula is C18H26ClN3O3. The third kappa shape index (κ3) is 5.01. The minimum absolute atomic E-state index is 0.0146. The number of nitrogen functional groups attached to an aromatic ring is 1. The van der Waals surface area contributed by atoms with E-state index in [1.54, 1.807) is 28.0 Å². The second-order valence-electron chi connectivity index (χ2n) is 7.07. The van der Waals surface area contributed by atoms with Gasteiger partial charge in [-0.05, 0) is 51.8 Å². The Kier molecular flexibility index (Phi) is 6.16. The number of rotatable bonds is 4. The number of fused-ring (bicyclic) bond motifs is 1. The second-order valence-corrected chi connectivity index (χ2v) is 7.45. The molecule has 0 spiro atoms. The molecule has 0 bridgehead atoms. The van der Waals surface area contributed by atoms with E-state index in [9.17, 15) is 9.59 Å². The van der Waals surface area contributed by atoms with Crippen LogP contribution in [0.5, 0.6) is 0 Å². The molecule has 0 atom stereocenters. The number of hydrogen-bond acceptors (Lipinski definition) is 4. The topological polar surface area (TPSA) is 75.9 Å². The summed E-state index contributed by atoms with van der Waals surface area (Å²) in [5.74, 6) is 0.560. The Morgan fingerprint density at radius 3 is 2.48 bits per heavy atom. The maximum Gasteiger partial charge on any atom is 0.414 e. The summed E-state index contributed by atoms with van der Waals surface area (Å²) in [7, 11) is 0. The molecule has 0 saturated carbocycles. The first-order valence-corrected chi connectivity index (χ1v) is 9.03. The zero-order valence-corrected chi connectivity index (χ0v) is 15.8. The minimum atomic E-state index is -0.584. The molecule has 0 unspecified atom stereocenters. The van der Waals surface area contributed by atoms with E-state index in [4.69, 9.17) is 22.1 Å². The summed E-state index contributed by atoms with van der Waals surface area (Å²) in [6.07, 6.45) is 1.54. The predicted molar refractivity (Wildman–Crippen MR) is 101 cm³/mol. The highest BCUT2D eigenvalue weighted by Crippen LogP contribution is 2.36. The van der Waals surface area contributed by atoms with Crippen molar-refractivity contribution in [1.29, 1.82) is 0 Å². The molecule has 0 fully saturated rings. The molecule has 1 aliphatic rings. The van der Waals surface area contributed by atoms with Crippen LogP contribution in [-0.4, -0.2) is 36.6 Å². The number of carbonyl (C=O) groups excluding carboxylic acids is 2. The van der Waals surface area contributed by atoms with Gasteiger partial charge in [-0.2, -0.15) is 0 Å². The summed E-state index contributed by atoms with van der Waals surface area (Å²) in [5, 5.41) is 0. The Hall–Kier alpha value is -1.95. The molecule has 0 aliphatic carbocycles. The van der Waals surface area contributed by atoms with Crippen LogP contribution in [0.3, 0.4) is 0 Å². The van der Waals surface area contributed by atoms with E-state index in [-0.39, 0.29) is 5.91 Å². The van der Waals surface area contributed by atoms with E-state index >= 15 is 0 Å². The summed E-state index contributed by atoms with van der Waals surface area (Å²) in [6.45, 7) is 6.27. The molecular weight excluding hydrogens is 342 g/mol. The fourth-order valence-electron chi connectivity index (χ4n) is 2.70. The molecule has 0 saturated heterocycles. The number of nitrogens with two attached hydrogens (primary N) is 1. The lowest BCUT2D eigenvalue weighted by Gasteiger charge is -2.37. The van der Waals surface area contributed by atoms with E-state index < -0.39 is 11.7 Å². The van der Waals surface area contributed by atoms with Gasteiger partial charge in [-0.15, -0.1) is 11.6 Å². The van der Waals surface area contributed by atoms with Crippen molar-refractivity contribution in [2.45, 2.75) is 45.6 Å². The summed E-state index contributed by atoms with van der Waals surface area (Å²) in [4.78, 5) is 28.3. The van der Waals surface area contributed by atoms with Gasteiger partial charge in [0.05, 0.1) is 11.4 Å². The Morgan fingerprint density at radius 1 is 1.16 bits per heavy atom. The molecule has 2 amide bonds. The van der Waals surface area contributed by atoms with Crippen LogP contribution in [0.2, 0.25) is 0 Å². The van der Waals surface area contributed by atoms with Gasteiger partial charge in [0, 0.05) is 31.1 Å². The van der Waals surface area contributed by atoms with Crippen LogP contribution in [0, 0.1) is 0 Å². The first kappa shape index (κ1) is 19.4. The van der Waals surface area contributed by atoms with Gasteiger partial charge in [-0.3, -0.25) is 9.69 Å². The van der Waals surface area contributed by atoms with Crippen LogP contribution < -0.4 is 15.5 Å². The minimum Gasteiger partial charge on any atom is -0.443 e. The number of ether oxygens (including phenoxy) is 1. The maximum atomic E-state index is 12.6. The van der Waals surface area contributed by atoms with Crippen LogP contribution in [0.4, 0.5) is 21.9 Å². The quantitative estimate of drug-likeness (QED) is 0.499. The fourth-order valence-corrected chi connectivity index (χ4v) is 2.89. The standard InChI is InChI=1S/C18H26ClN3O3/c1-18(2,3)25-17(24)22-11-10-21(16(23)6-4-5-9-19)15-12-13(20)7-8-14(15)22/h7-8,12H,4-6,9-11,20H2,1-3H3. The number of carbonyl (C=O) groups is 2. The third-order valence-electron chi connectivity index (χ3n) is 3.82. The SMILES string of the molecule is CC(C)(C)OC(=O)N1CCN(C(=O)CCCCCl)c2cc(N)ccc21. The van der Waals surface area contributed by atoms with Crippen molar-refractivity contribution in [2.75, 3.05) is 34.5 Å². The van der Waals surface area contributed by atoms with Gasteiger partial charge in [-0.1, -0.05) is 0 Å². The van der Waals surface area contributed by atoms with E-state index in [2.05, 4.69) is 0 Å². The molecule has 0 aromatic heterocycles. The zero-order chi connectivity index (χ0) is 18.6. The van der Waals surface area contributed by atoms with Crippen LogP contribution >= 0.6 is 11.6 Å². The highest BCUT2D eigenvalue weighted by atomic mass is 35.5. The lowest BCUT2D eigenvalue weighted by atomic mass is 10.1. The number of nitrogens with zero attached hydrogens (tertiary/aromatic N) is 2. The van der Waals surface area contributed by atoms with Crippen molar-refractivity contribution >= 4 is 40.7 Å². The molecule has 1 heterocycles. The number of alkyl halides is 1. The van der Waals surface area contributed by atoms with E-state index in [1.165, 1.54) is 0 Å². The molecule has 138 valence electrons. The summed E-state index contributed by atoms with van der Waals surface area (Å²) in [6, 6.07) is 5.20. The molecule has 2 rings (SSSR count). The largest absolute Gasteiger partial charge is 0.443 e. The highest BCUT2D eigenvalue weighted by molar-refractivity contribution is 6.17. The average molecular weight is 368 g/mol. The summed E-state index contributed by atoms with van der Waals surface area (Å²) in [5.41, 5.74) is 7.15. The van der Waals surface area contributed by atoms with Crippen molar-refractivity contribution in [3.05, 3.63) is 18.2 Å². The number of unbranched alkanes of at least 4 members (excludes halogenated alkanes) is 1. The number of amides is 2. The Morgan fingerprint density at radius 2 is 1.84 bits per heavy atom. The number of anilines is 3. The van der Waals surface area contributed by atoms with Gasteiger partial charge in [0.15, 0.2) is 0 Å². The first-order valence-electron chi connectivity index (χ1n) is 8.49. The lowest BCUT2D eigenvalue weighted by molar-refractivity contribution is -0.118. The molecule has 2 N–H and O–H groups in total. The van der Waals surface area contributed by atoms with Crippen LogP contribution in [-0.2, 0) is 9.53 Å². The normalized spacial score (nSPS) is 14.2. The van der Waals surface area contributed by atoms with Crippen LogP contribution in [0.25, 0.3) is 0 Å². The summed E-state index contributed by atoms with van der Waals surface area (Å²) >= 11 is 5.68. The molecule has 0 radical (unpaired) electrons. The van der Waals surface area contributed by atoms with E-state index in [0.717, 1.165) is 12.8 Å². The monoisotopic (exact) mass is 367 g/mol.